The summed E-state index contributed by atoms with van der Waals surface area (Å²) in [6.07, 6.45) is 1.85. The third kappa shape index (κ3) is 2.92. The maximum absolute atomic E-state index is 9.89. The second-order valence-corrected chi connectivity index (χ2v) is 7.65. The summed E-state index contributed by atoms with van der Waals surface area (Å²) in [7, 11) is 4.27. The molecular weight excluding hydrogens is 348 g/mol. The van der Waals surface area contributed by atoms with E-state index >= 15 is 0 Å². The van der Waals surface area contributed by atoms with Gasteiger partial charge >= 0.3 is 0 Å². The Morgan fingerprint density at radius 3 is 2.61 bits per heavy atom. The number of hydrogen-bond donors (Lipinski definition) is 0. The van der Waals surface area contributed by atoms with Crippen molar-refractivity contribution in [2.45, 2.75) is 32.7 Å². The minimum absolute atomic E-state index is 0.504. The Hall–Kier alpha value is -2.91. The lowest BCUT2D eigenvalue weighted by Gasteiger charge is -2.26. The number of anilines is 1. The largest absolute Gasteiger partial charge is 0.354 e. The maximum atomic E-state index is 9.89. The quantitative estimate of drug-likeness (QED) is 0.701. The highest BCUT2D eigenvalue weighted by Crippen LogP contribution is 2.38. The van der Waals surface area contributed by atoms with Crippen LogP contribution in [-0.4, -0.2) is 52.7 Å². The molecule has 0 N–H and O–H groups in total. The van der Waals surface area contributed by atoms with Crippen LogP contribution in [-0.2, 0) is 6.42 Å². The Morgan fingerprint density at radius 2 is 2.00 bits per heavy atom. The smallest absolute Gasteiger partial charge is 0.176 e. The summed E-state index contributed by atoms with van der Waals surface area (Å²) in [6.45, 7) is 5.98. The first kappa shape index (κ1) is 18.5. The van der Waals surface area contributed by atoms with Crippen molar-refractivity contribution in [3.8, 4) is 17.2 Å². The van der Waals surface area contributed by atoms with Crippen LogP contribution in [0.3, 0.4) is 0 Å². The molecule has 6 heteroatoms. The highest BCUT2D eigenvalue weighted by Gasteiger charge is 2.30. The molecule has 1 saturated heterocycles. The molecule has 0 aliphatic carbocycles. The van der Waals surface area contributed by atoms with Crippen LogP contribution in [0.25, 0.3) is 16.8 Å². The molecule has 1 aliphatic rings. The van der Waals surface area contributed by atoms with E-state index in [1.165, 1.54) is 0 Å². The second-order valence-electron chi connectivity index (χ2n) is 7.65. The van der Waals surface area contributed by atoms with E-state index in [-0.39, 0.29) is 0 Å². The van der Waals surface area contributed by atoms with Crippen molar-refractivity contribution in [3.05, 3.63) is 47.3 Å². The lowest BCUT2D eigenvalue weighted by Crippen LogP contribution is -2.32. The average Bonchev–Trinajstić information content (AvgIpc) is 3.35. The maximum Gasteiger partial charge on any atom is 0.176 e. The number of likely N-dealkylation sites (N-methyl/N-ethyl adjacent to an activating group) is 1. The van der Waals surface area contributed by atoms with Gasteiger partial charge in [-0.15, -0.1) is 5.10 Å². The van der Waals surface area contributed by atoms with Crippen LogP contribution in [0, 0.1) is 18.3 Å². The molecule has 2 aromatic heterocycles. The SMILES string of the molecule is CCc1nc2c(C#N)c(C)c(-c3ccccc3)c(N3CC[C@H](N(C)C)C3)n2n1. The predicted molar refractivity (Wildman–Crippen MR) is 112 cm³/mol. The molecule has 144 valence electrons. The standard InChI is InChI=1S/C22H26N6/c1-5-19-24-21-18(13-23)15(2)20(16-9-7-6-8-10-16)22(28(21)25-19)27-12-11-17(14-27)26(3)4/h6-10,17H,5,11-12,14H2,1-4H3/t17-/m0/s1. The van der Waals surface area contributed by atoms with Crippen molar-refractivity contribution >= 4 is 11.5 Å². The lowest BCUT2D eigenvalue weighted by atomic mass is 9.97. The van der Waals surface area contributed by atoms with Gasteiger partial charge in [0.15, 0.2) is 11.5 Å². The fourth-order valence-electron chi connectivity index (χ4n) is 4.11. The average molecular weight is 374 g/mol. The van der Waals surface area contributed by atoms with Gasteiger partial charge < -0.3 is 9.80 Å². The topological polar surface area (TPSA) is 60.5 Å². The Labute approximate surface area is 166 Å². The molecule has 1 aromatic carbocycles. The van der Waals surface area contributed by atoms with Crippen LogP contribution in [0.15, 0.2) is 30.3 Å². The van der Waals surface area contributed by atoms with Crippen molar-refractivity contribution in [2.24, 2.45) is 0 Å². The first-order valence-corrected chi connectivity index (χ1v) is 9.84. The zero-order valence-electron chi connectivity index (χ0n) is 17.0. The highest BCUT2D eigenvalue weighted by molar-refractivity contribution is 5.85. The predicted octanol–water partition coefficient (Wildman–Crippen LogP) is 3.28. The molecule has 3 aromatic rings. The molecule has 28 heavy (non-hydrogen) atoms. The van der Waals surface area contributed by atoms with E-state index in [1.807, 2.05) is 36.6 Å². The molecule has 0 saturated carbocycles. The van der Waals surface area contributed by atoms with Crippen molar-refractivity contribution in [1.29, 1.82) is 5.26 Å². The molecule has 0 radical (unpaired) electrons. The van der Waals surface area contributed by atoms with E-state index < -0.39 is 0 Å². The van der Waals surface area contributed by atoms with E-state index in [4.69, 9.17) is 5.10 Å². The summed E-state index contributed by atoms with van der Waals surface area (Å²) in [5.41, 5.74) is 4.43. The molecule has 0 spiro atoms. The molecule has 1 fully saturated rings. The molecule has 1 aliphatic heterocycles. The number of aryl methyl sites for hydroxylation is 1. The van der Waals surface area contributed by atoms with E-state index in [1.54, 1.807) is 0 Å². The van der Waals surface area contributed by atoms with Crippen molar-refractivity contribution in [2.75, 3.05) is 32.1 Å². The van der Waals surface area contributed by atoms with Gasteiger partial charge in [-0.1, -0.05) is 37.3 Å². The number of hydrogen-bond acceptors (Lipinski definition) is 5. The minimum atomic E-state index is 0.504. The van der Waals surface area contributed by atoms with E-state index in [0.29, 0.717) is 17.3 Å². The second kappa shape index (κ2) is 7.25. The number of rotatable bonds is 4. The van der Waals surface area contributed by atoms with Gasteiger partial charge in [-0.3, -0.25) is 0 Å². The first-order valence-electron chi connectivity index (χ1n) is 9.84. The van der Waals surface area contributed by atoms with Gasteiger partial charge in [-0.05, 0) is 38.6 Å². The van der Waals surface area contributed by atoms with Crippen LogP contribution in [0.4, 0.5) is 5.82 Å². The third-order valence-corrected chi connectivity index (χ3v) is 5.73. The Bertz CT molecular complexity index is 1040. The summed E-state index contributed by atoms with van der Waals surface area (Å²) in [5.74, 6) is 1.82. The fourth-order valence-corrected chi connectivity index (χ4v) is 4.11. The van der Waals surface area contributed by atoms with Gasteiger partial charge in [0.05, 0.1) is 0 Å². The molecule has 0 unspecified atom stereocenters. The monoisotopic (exact) mass is 374 g/mol. The highest BCUT2D eigenvalue weighted by atomic mass is 15.4. The zero-order valence-corrected chi connectivity index (χ0v) is 17.0. The van der Waals surface area contributed by atoms with E-state index in [2.05, 4.69) is 47.1 Å². The van der Waals surface area contributed by atoms with Gasteiger partial charge in [-0.25, -0.2) is 4.98 Å². The summed E-state index contributed by atoms with van der Waals surface area (Å²) in [6, 6.07) is 13.2. The van der Waals surface area contributed by atoms with Crippen molar-refractivity contribution in [1.82, 2.24) is 19.5 Å². The molecule has 0 bridgehead atoms. The molecule has 0 amide bonds. The molecular formula is C22H26N6. The minimum Gasteiger partial charge on any atom is -0.354 e. The summed E-state index contributed by atoms with van der Waals surface area (Å²) < 4.78 is 1.91. The van der Waals surface area contributed by atoms with E-state index in [0.717, 1.165) is 54.3 Å². The van der Waals surface area contributed by atoms with Gasteiger partial charge in [0.2, 0.25) is 0 Å². The molecule has 3 heterocycles. The Kier molecular flexibility index (Phi) is 4.78. The normalized spacial score (nSPS) is 16.9. The number of nitriles is 1. The van der Waals surface area contributed by atoms with Gasteiger partial charge in [0, 0.05) is 31.1 Å². The number of nitrogens with zero attached hydrogens (tertiary/aromatic N) is 6. The molecule has 4 rings (SSSR count). The van der Waals surface area contributed by atoms with Crippen molar-refractivity contribution in [3.63, 3.8) is 0 Å². The van der Waals surface area contributed by atoms with E-state index in [9.17, 15) is 5.26 Å². The number of pyridine rings is 1. The van der Waals surface area contributed by atoms with Gasteiger partial charge in [-0.2, -0.15) is 9.78 Å². The number of aromatic nitrogens is 3. The number of fused-ring (bicyclic) bond motifs is 1. The summed E-state index contributed by atoms with van der Waals surface area (Å²) >= 11 is 0. The fraction of sp³-hybridized carbons (Fsp3) is 0.409. The third-order valence-electron chi connectivity index (χ3n) is 5.73. The van der Waals surface area contributed by atoms with Gasteiger partial charge in [0.25, 0.3) is 0 Å². The first-order chi connectivity index (χ1) is 13.5. The summed E-state index contributed by atoms with van der Waals surface area (Å²) in [4.78, 5) is 9.37. The molecule has 1 atom stereocenters. The van der Waals surface area contributed by atoms with Crippen LogP contribution in [0.1, 0.15) is 30.3 Å². The van der Waals surface area contributed by atoms with Gasteiger partial charge in [0.1, 0.15) is 17.5 Å². The molecule has 6 nitrogen and oxygen atoms in total. The Balaban J connectivity index is 2.03. The van der Waals surface area contributed by atoms with Crippen LogP contribution < -0.4 is 4.90 Å². The van der Waals surface area contributed by atoms with Crippen LogP contribution >= 0.6 is 0 Å². The Morgan fingerprint density at radius 1 is 1.25 bits per heavy atom. The van der Waals surface area contributed by atoms with Crippen LogP contribution in [0.5, 0.6) is 0 Å². The number of benzene rings is 1. The zero-order chi connectivity index (χ0) is 19.8. The summed E-state index contributed by atoms with van der Waals surface area (Å²) in [5, 5.41) is 14.7. The van der Waals surface area contributed by atoms with Crippen molar-refractivity contribution < 1.29 is 0 Å². The van der Waals surface area contributed by atoms with Crippen LogP contribution in [0.2, 0.25) is 0 Å². The lowest BCUT2D eigenvalue weighted by molar-refractivity contribution is 0.315.